The molecule has 21 fully saturated rings. The number of aliphatic carboxylic acids is 7. The minimum absolute atomic E-state index is 2.16. The lowest BCUT2D eigenvalue weighted by atomic mass is 9.95. The number of ether oxygens (including phenoxy) is 14. The zero-order valence-electron chi connectivity index (χ0n) is 41.7. The summed E-state index contributed by atoms with van der Waals surface area (Å²) in [5.41, 5.74) is 0. The van der Waals surface area contributed by atoms with Crippen molar-refractivity contribution in [1.29, 1.82) is 0 Å². The Hall–Kier alpha value is -4.83. The predicted molar refractivity (Wildman–Crippen MR) is 232 cm³/mol. The van der Waals surface area contributed by atoms with Crippen molar-refractivity contribution in [2.45, 2.75) is 215 Å². The second-order valence-corrected chi connectivity index (χ2v) is 19.9. The number of carboxylic acids is 7. The van der Waals surface area contributed by atoms with E-state index in [1.54, 1.807) is 0 Å². The molecule has 21 rings (SSSR count). The third kappa shape index (κ3) is 12.3. The number of rotatable bonds is 7. The van der Waals surface area contributed by atoms with Crippen molar-refractivity contribution in [3.8, 4) is 0 Å². The maximum atomic E-state index is 12.6. The SMILES string of the molecule is O=C(O)[C@H]1O[C@@H]2O[C@H]3[C@H](O)[C@H](O)[C@@H](O[C@H]4[C@H](O)[C@@H](O)[C@@H](O[C@H]5[C@H](O)[C@@H](O)[C@@H](O[C@H]6[C@H](O)[C@@H](O)[C@@H](O[C@H]7[C@H](O)[C@@H](O)[C@@H](O[C@H]8[C@H](O)[C@H](O)[C@@H](O[C@H]1[C@H](O)[C@@H]2O)O[C@@H]8C(=O)O)O[C@@H]7C(=O)O)O[C@@H]6C(=O)O)O[C@@H]5C(=O)O)O[C@@H]4C(=O)O)O[C@@H]3C(=O)O. The van der Waals surface area contributed by atoms with Crippen LogP contribution < -0.4 is 0 Å². The van der Waals surface area contributed by atoms with E-state index >= 15 is 0 Å². The highest BCUT2D eigenvalue weighted by Gasteiger charge is 2.63. The second kappa shape index (κ2) is 25.5. The maximum absolute atomic E-state index is 12.6. The molecule has 0 aliphatic carbocycles. The predicted octanol–water partition coefficient (Wildman–Crippen LogP) is -14.6. The van der Waals surface area contributed by atoms with Crippen molar-refractivity contribution in [2.24, 2.45) is 0 Å². The molecule has 476 valence electrons. The molecule has 0 radical (unpaired) electrons. The second-order valence-electron chi connectivity index (χ2n) is 19.9. The summed E-state index contributed by atoms with van der Waals surface area (Å²) in [6.07, 6.45) is -92.6. The van der Waals surface area contributed by atoms with Crippen molar-refractivity contribution in [3.63, 3.8) is 0 Å². The molecule has 21 aliphatic rings. The minimum Gasteiger partial charge on any atom is -0.479 e. The summed E-state index contributed by atoms with van der Waals surface area (Å²) < 4.78 is 73.9. The Morgan fingerprint density at radius 2 is 0.262 bits per heavy atom. The topological polar surface area (TPSA) is 674 Å². The first-order valence-electron chi connectivity index (χ1n) is 24.6. The smallest absolute Gasteiger partial charge is 0.335 e. The molecule has 35 atom stereocenters. The van der Waals surface area contributed by atoms with Gasteiger partial charge in [-0.15, -0.1) is 0 Å². The molecule has 21 saturated heterocycles. The van der Waals surface area contributed by atoms with Gasteiger partial charge in [0.25, 0.3) is 0 Å². The van der Waals surface area contributed by atoms with Crippen LogP contribution in [-0.2, 0) is 99.9 Å². The van der Waals surface area contributed by atoms with Crippen LogP contribution in [0.15, 0.2) is 0 Å². The molecule has 0 spiro atoms. The van der Waals surface area contributed by atoms with Gasteiger partial charge in [0.05, 0.1) is 0 Å². The molecule has 0 aromatic rings. The maximum Gasteiger partial charge on any atom is 0.335 e. The summed E-state index contributed by atoms with van der Waals surface area (Å²) in [7, 11) is 0. The van der Waals surface area contributed by atoms with Crippen molar-refractivity contribution < 1.29 is 207 Å². The van der Waals surface area contributed by atoms with Gasteiger partial charge >= 0.3 is 41.8 Å². The molecule has 0 aromatic heterocycles. The Morgan fingerprint density at radius 3 is 0.345 bits per heavy atom. The zero-order chi connectivity index (χ0) is 62.1. The molecule has 0 amide bonds. The molecule has 21 N–H and O–H groups in total. The Labute approximate surface area is 463 Å². The quantitative estimate of drug-likeness (QED) is 0.113. The van der Waals surface area contributed by atoms with Crippen molar-refractivity contribution >= 4 is 41.8 Å². The molecule has 0 aromatic carbocycles. The Bertz CT molecular complexity index is 1960. The van der Waals surface area contributed by atoms with Crippen LogP contribution >= 0.6 is 0 Å². The Kier molecular flexibility index (Phi) is 19.8. The number of aliphatic hydroxyl groups excluding tert-OH is 14. The van der Waals surface area contributed by atoms with E-state index in [0.29, 0.717) is 0 Å². The number of carbonyl (C=O) groups is 7. The molecule has 21 aliphatic heterocycles. The van der Waals surface area contributed by atoms with Crippen LogP contribution in [0.4, 0.5) is 0 Å². The van der Waals surface area contributed by atoms with Gasteiger partial charge in [0, 0.05) is 0 Å². The number of hydrogen-bond acceptors (Lipinski definition) is 35. The van der Waals surface area contributed by atoms with E-state index in [2.05, 4.69) is 0 Å². The van der Waals surface area contributed by atoms with Crippen molar-refractivity contribution in [3.05, 3.63) is 0 Å². The summed E-state index contributed by atoms with van der Waals surface area (Å²) in [5, 5.41) is 228. The lowest BCUT2D eigenvalue weighted by Gasteiger charge is -2.48. The fourth-order valence-corrected chi connectivity index (χ4v) is 10.2. The van der Waals surface area contributed by atoms with Crippen LogP contribution in [0.5, 0.6) is 0 Å². The van der Waals surface area contributed by atoms with Gasteiger partial charge in [-0.3, -0.25) is 0 Å². The highest BCUT2D eigenvalue weighted by molar-refractivity contribution is 5.76. The first-order chi connectivity index (χ1) is 39.3. The van der Waals surface area contributed by atoms with Gasteiger partial charge in [0.15, 0.2) is 86.8 Å². The van der Waals surface area contributed by atoms with E-state index in [4.69, 9.17) is 66.3 Å². The third-order valence-electron chi connectivity index (χ3n) is 14.6. The third-order valence-corrected chi connectivity index (χ3v) is 14.6. The van der Waals surface area contributed by atoms with Crippen LogP contribution in [0, 0.1) is 0 Å². The fourth-order valence-electron chi connectivity index (χ4n) is 10.2. The van der Waals surface area contributed by atoms with Gasteiger partial charge in [-0.1, -0.05) is 0 Å². The van der Waals surface area contributed by atoms with Gasteiger partial charge in [-0.25, -0.2) is 33.6 Å². The standard InChI is InChI=1S/C42H56O42/c43-1-8(50)36-72-16-3(45)10(52)38(80-23(16)30(59)60)74-18-5(47)12(54)40(82-25(18)32(63)64)76-20-7(49)14(56)42(84-27(20)34(67)68)77-21-6(48)13(55)41(83-28(21)35(69)70)75-19-4(46)11(53)39(81-26(19)33(65)66)73-17-2(44)9(51)37(79-24(17)31(61)62)71-15(1)22(78-36)29(57)58/h1-28,36-56H,(H,57,58)(H,59,60)(H,61,62)(H,63,64)(H,65,66)(H,67,68)(H,69,70)/t1-,2-,3-,4-,5-,6-,7-,8-,9-,10-,11-,12+,13+,14+,15+,16+,17+,18+,19+,20+,21+,22+,23+,24+,25+,26+,27+,28+,36+,37+,38+,39+,40+,41+,42+/m1/s1. The normalized spacial score (nSPS) is 51.3. The van der Waals surface area contributed by atoms with Crippen LogP contribution in [0.2, 0.25) is 0 Å². The van der Waals surface area contributed by atoms with E-state index in [1.165, 1.54) is 0 Å². The first kappa shape index (κ1) is 65.2. The Balaban J connectivity index is 1.14. The monoisotopic (exact) mass is 1230 g/mol. The van der Waals surface area contributed by atoms with Crippen molar-refractivity contribution in [2.75, 3.05) is 0 Å². The average molecular weight is 1230 g/mol. The average Bonchev–Trinajstić information content (AvgIpc) is 1.59. The van der Waals surface area contributed by atoms with Gasteiger partial charge in [-0.2, -0.15) is 0 Å². The van der Waals surface area contributed by atoms with E-state index < -0.39 is 257 Å². The first-order valence-corrected chi connectivity index (χ1v) is 24.6. The highest BCUT2D eigenvalue weighted by Crippen LogP contribution is 2.39. The molecule has 84 heavy (non-hydrogen) atoms. The largest absolute Gasteiger partial charge is 0.479 e. The lowest BCUT2D eigenvalue weighted by Crippen LogP contribution is -2.69. The van der Waals surface area contributed by atoms with Crippen LogP contribution in [0.1, 0.15) is 0 Å². The molecule has 21 heterocycles. The van der Waals surface area contributed by atoms with Crippen LogP contribution in [0.25, 0.3) is 0 Å². The van der Waals surface area contributed by atoms with Crippen molar-refractivity contribution in [1.82, 2.24) is 0 Å². The molecule has 42 nitrogen and oxygen atoms in total. The fraction of sp³-hybridized carbons (Fsp3) is 0.833. The summed E-state index contributed by atoms with van der Waals surface area (Å²) in [5.74, 6) is -15.1. The molecule has 0 unspecified atom stereocenters. The molecular weight excluding hydrogens is 1180 g/mol. The molecular formula is C42H56O42. The van der Waals surface area contributed by atoms with Gasteiger partial charge in [-0.05, 0) is 0 Å². The molecule has 42 heteroatoms. The lowest BCUT2D eigenvalue weighted by molar-refractivity contribution is -0.387. The minimum atomic E-state index is -2.69. The Morgan fingerprint density at radius 1 is 0.167 bits per heavy atom. The van der Waals surface area contributed by atoms with Gasteiger partial charge in [0.2, 0.25) is 0 Å². The van der Waals surface area contributed by atoms with E-state index in [9.17, 15) is 141 Å². The molecule has 14 bridgehead atoms. The summed E-state index contributed by atoms with van der Waals surface area (Å²) in [4.78, 5) is 88.3. The number of carboxylic acid groups (broad SMARTS) is 7. The van der Waals surface area contributed by atoms with Crippen LogP contribution in [-0.4, -0.2) is 364 Å². The van der Waals surface area contributed by atoms with Gasteiger partial charge in [0.1, 0.15) is 128 Å². The number of aliphatic hydroxyl groups is 14. The highest BCUT2D eigenvalue weighted by atomic mass is 16.8. The van der Waals surface area contributed by atoms with Crippen LogP contribution in [0.3, 0.4) is 0 Å². The van der Waals surface area contributed by atoms with Gasteiger partial charge < -0.3 is 174 Å². The summed E-state index contributed by atoms with van der Waals surface area (Å²) in [6.45, 7) is 0. The van der Waals surface area contributed by atoms with E-state index in [1.807, 2.05) is 0 Å². The molecule has 0 saturated carbocycles. The van der Waals surface area contributed by atoms with E-state index in [-0.39, 0.29) is 0 Å². The summed E-state index contributed by atoms with van der Waals surface area (Å²) >= 11 is 0. The number of hydrogen-bond donors (Lipinski definition) is 21. The zero-order valence-corrected chi connectivity index (χ0v) is 41.7. The summed E-state index contributed by atoms with van der Waals surface area (Å²) in [6, 6.07) is 0. The van der Waals surface area contributed by atoms with E-state index in [0.717, 1.165) is 0 Å².